The van der Waals surface area contributed by atoms with Gasteiger partial charge >= 0.3 is 21.6 Å². The third-order valence-corrected chi connectivity index (χ3v) is 4.69. The van der Waals surface area contributed by atoms with Crippen LogP contribution in [0.2, 0.25) is 0 Å². The predicted molar refractivity (Wildman–Crippen MR) is 72.3 cm³/mol. The van der Waals surface area contributed by atoms with Gasteiger partial charge in [-0.05, 0) is 25.7 Å². The molecule has 1 atom stereocenters. The number of halogens is 3. The highest BCUT2D eigenvalue weighted by Crippen LogP contribution is 2.30. The van der Waals surface area contributed by atoms with Gasteiger partial charge in [0.15, 0.2) is 6.10 Å². The molecular formula is C13H21F3O5S. The van der Waals surface area contributed by atoms with Crippen LogP contribution < -0.4 is 0 Å². The molecule has 1 saturated carbocycles. The highest BCUT2D eigenvalue weighted by Gasteiger charge is 2.49. The van der Waals surface area contributed by atoms with Gasteiger partial charge in [0.1, 0.15) is 0 Å². The molecule has 9 heteroatoms. The molecule has 0 aliphatic heterocycles. The Labute approximate surface area is 128 Å². The molecule has 0 unspecified atom stereocenters. The molecule has 22 heavy (non-hydrogen) atoms. The first-order valence-corrected chi connectivity index (χ1v) is 8.74. The lowest BCUT2D eigenvalue weighted by molar-refractivity contribution is -0.152. The van der Waals surface area contributed by atoms with E-state index in [-0.39, 0.29) is 18.9 Å². The SMILES string of the molecule is CCOC(=O)[C@@H](CCC1CCCCC1)OS(=O)(=O)C(F)(F)F. The quantitative estimate of drug-likeness (QED) is 0.402. The molecular weight excluding hydrogens is 325 g/mol. The molecule has 130 valence electrons. The summed E-state index contributed by atoms with van der Waals surface area (Å²) in [6.07, 6.45) is 3.66. The van der Waals surface area contributed by atoms with Crippen molar-refractivity contribution in [3.8, 4) is 0 Å². The number of hydrogen-bond acceptors (Lipinski definition) is 5. The van der Waals surface area contributed by atoms with Crippen LogP contribution in [0.4, 0.5) is 13.2 Å². The second-order valence-corrected chi connectivity index (χ2v) is 6.88. The Bertz CT molecular complexity index is 455. The Kier molecular flexibility index (Phi) is 7.11. The zero-order chi connectivity index (χ0) is 16.8. The van der Waals surface area contributed by atoms with E-state index in [1.165, 1.54) is 6.92 Å². The number of carbonyl (C=O) groups excluding carboxylic acids is 1. The number of esters is 1. The number of carbonyl (C=O) groups is 1. The van der Waals surface area contributed by atoms with Gasteiger partial charge in [0, 0.05) is 0 Å². The molecule has 1 fully saturated rings. The van der Waals surface area contributed by atoms with E-state index in [2.05, 4.69) is 8.92 Å². The van der Waals surface area contributed by atoms with Crippen molar-refractivity contribution in [3.63, 3.8) is 0 Å². The first-order valence-electron chi connectivity index (χ1n) is 7.33. The van der Waals surface area contributed by atoms with E-state index in [0.29, 0.717) is 6.42 Å². The van der Waals surface area contributed by atoms with Gasteiger partial charge < -0.3 is 4.74 Å². The van der Waals surface area contributed by atoms with E-state index < -0.39 is 27.7 Å². The number of alkyl halides is 3. The van der Waals surface area contributed by atoms with E-state index in [0.717, 1.165) is 32.1 Å². The van der Waals surface area contributed by atoms with Crippen LogP contribution in [0.5, 0.6) is 0 Å². The summed E-state index contributed by atoms with van der Waals surface area (Å²) in [6.45, 7) is 1.42. The maximum atomic E-state index is 12.4. The Morgan fingerprint density at radius 1 is 1.23 bits per heavy atom. The molecule has 0 radical (unpaired) electrons. The van der Waals surface area contributed by atoms with Crippen LogP contribution in [0.25, 0.3) is 0 Å². The molecule has 0 spiro atoms. The van der Waals surface area contributed by atoms with Gasteiger partial charge in [-0.3, -0.25) is 0 Å². The summed E-state index contributed by atoms with van der Waals surface area (Å²) < 4.78 is 67.9. The van der Waals surface area contributed by atoms with E-state index >= 15 is 0 Å². The van der Waals surface area contributed by atoms with Crippen molar-refractivity contribution in [2.75, 3.05) is 6.61 Å². The molecule has 5 nitrogen and oxygen atoms in total. The molecule has 1 aliphatic carbocycles. The second kappa shape index (κ2) is 8.14. The summed E-state index contributed by atoms with van der Waals surface area (Å²) in [7, 11) is -5.81. The fourth-order valence-electron chi connectivity index (χ4n) is 2.51. The third-order valence-electron chi connectivity index (χ3n) is 3.64. The van der Waals surface area contributed by atoms with Crippen LogP contribution in [0, 0.1) is 5.92 Å². The van der Waals surface area contributed by atoms with Crippen molar-refractivity contribution in [1.82, 2.24) is 0 Å². The van der Waals surface area contributed by atoms with Crippen LogP contribution >= 0.6 is 0 Å². The minimum Gasteiger partial charge on any atom is -0.464 e. The highest BCUT2D eigenvalue weighted by atomic mass is 32.2. The molecule has 0 heterocycles. The summed E-state index contributed by atoms with van der Waals surface area (Å²) >= 11 is 0. The van der Waals surface area contributed by atoms with Gasteiger partial charge in [-0.2, -0.15) is 21.6 Å². The van der Waals surface area contributed by atoms with Gasteiger partial charge in [0.2, 0.25) is 0 Å². The average Bonchev–Trinajstić information content (AvgIpc) is 2.43. The van der Waals surface area contributed by atoms with Crippen LogP contribution in [-0.2, 0) is 23.8 Å². The molecule has 1 rings (SSSR count). The molecule has 0 bridgehead atoms. The van der Waals surface area contributed by atoms with Crippen molar-refractivity contribution in [2.45, 2.75) is 63.5 Å². The first-order chi connectivity index (χ1) is 10.2. The van der Waals surface area contributed by atoms with Crippen molar-refractivity contribution in [3.05, 3.63) is 0 Å². The molecule has 0 saturated heterocycles. The number of rotatable bonds is 7. The van der Waals surface area contributed by atoms with E-state index in [9.17, 15) is 26.4 Å². The molecule has 0 N–H and O–H groups in total. The lowest BCUT2D eigenvalue weighted by Gasteiger charge is -2.23. The van der Waals surface area contributed by atoms with Gasteiger partial charge in [-0.1, -0.05) is 32.1 Å². The van der Waals surface area contributed by atoms with Crippen molar-refractivity contribution >= 4 is 16.1 Å². The molecule has 0 aromatic carbocycles. The van der Waals surface area contributed by atoms with Gasteiger partial charge in [-0.25, -0.2) is 8.98 Å². The van der Waals surface area contributed by atoms with E-state index in [4.69, 9.17) is 0 Å². The molecule has 0 aromatic heterocycles. The molecule has 0 aromatic rings. The van der Waals surface area contributed by atoms with Crippen molar-refractivity contribution in [2.24, 2.45) is 5.92 Å². The van der Waals surface area contributed by atoms with Crippen molar-refractivity contribution < 1.29 is 35.3 Å². The number of ether oxygens (including phenoxy) is 1. The number of hydrogen-bond donors (Lipinski definition) is 0. The van der Waals surface area contributed by atoms with E-state index in [1.807, 2.05) is 0 Å². The molecule has 1 aliphatic rings. The monoisotopic (exact) mass is 346 g/mol. The topological polar surface area (TPSA) is 69.7 Å². The fraction of sp³-hybridized carbons (Fsp3) is 0.923. The molecule has 0 amide bonds. The minimum absolute atomic E-state index is 0.0613. The normalized spacial score (nSPS) is 18.9. The zero-order valence-electron chi connectivity index (χ0n) is 12.4. The summed E-state index contributed by atoms with van der Waals surface area (Å²) in [6, 6.07) is 0. The maximum absolute atomic E-state index is 12.4. The van der Waals surface area contributed by atoms with Gasteiger partial charge in [-0.15, -0.1) is 0 Å². The van der Waals surface area contributed by atoms with Crippen molar-refractivity contribution in [1.29, 1.82) is 0 Å². The smallest absolute Gasteiger partial charge is 0.464 e. The van der Waals surface area contributed by atoms with Crippen LogP contribution in [0.1, 0.15) is 51.9 Å². The predicted octanol–water partition coefficient (Wildman–Crippen LogP) is 3.14. The summed E-state index contributed by atoms with van der Waals surface area (Å²) in [5.74, 6) is -0.797. The fourth-order valence-corrected chi connectivity index (χ4v) is 3.10. The van der Waals surface area contributed by atoms with Crippen LogP contribution in [0.15, 0.2) is 0 Å². The lowest BCUT2D eigenvalue weighted by Crippen LogP contribution is -2.35. The van der Waals surface area contributed by atoms with Crippen LogP contribution in [-0.4, -0.2) is 32.6 Å². The second-order valence-electron chi connectivity index (χ2n) is 5.32. The Hall–Kier alpha value is -0.830. The highest BCUT2D eigenvalue weighted by molar-refractivity contribution is 7.87. The Morgan fingerprint density at radius 3 is 2.32 bits per heavy atom. The minimum atomic E-state index is -5.81. The summed E-state index contributed by atoms with van der Waals surface area (Å²) in [5, 5.41) is 0. The van der Waals surface area contributed by atoms with E-state index in [1.54, 1.807) is 0 Å². The van der Waals surface area contributed by atoms with Crippen LogP contribution in [0.3, 0.4) is 0 Å². The first kappa shape index (κ1) is 19.2. The average molecular weight is 346 g/mol. The van der Waals surface area contributed by atoms with Gasteiger partial charge in [0.25, 0.3) is 0 Å². The van der Waals surface area contributed by atoms with Gasteiger partial charge in [0.05, 0.1) is 6.61 Å². The third kappa shape index (κ3) is 5.75. The standard InChI is InChI=1S/C13H21F3O5S/c1-2-20-12(17)11(21-22(18,19)13(14,15)16)9-8-10-6-4-3-5-7-10/h10-11H,2-9H2,1H3/t11-/m1/s1. The summed E-state index contributed by atoms with van der Waals surface area (Å²) in [5.41, 5.74) is -5.55. The lowest BCUT2D eigenvalue weighted by atomic mass is 9.85. The largest absolute Gasteiger partial charge is 0.523 e. The Balaban J connectivity index is 2.69. The maximum Gasteiger partial charge on any atom is 0.523 e. The zero-order valence-corrected chi connectivity index (χ0v) is 13.2. The Morgan fingerprint density at radius 2 is 1.82 bits per heavy atom. The summed E-state index contributed by atoms with van der Waals surface area (Å²) in [4.78, 5) is 11.6.